The van der Waals surface area contributed by atoms with E-state index in [1.54, 1.807) is 6.92 Å². The monoisotopic (exact) mass is 404 g/mol. The van der Waals surface area contributed by atoms with E-state index >= 15 is 0 Å². The predicted molar refractivity (Wildman–Crippen MR) is 102 cm³/mol. The van der Waals surface area contributed by atoms with Crippen LogP contribution in [0.1, 0.15) is 51.0 Å². The fourth-order valence-corrected chi connectivity index (χ4v) is 3.92. The Hall–Kier alpha value is -2.97. The van der Waals surface area contributed by atoms with Gasteiger partial charge in [-0.05, 0) is 37.0 Å². The molecule has 1 unspecified atom stereocenters. The summed E-state index contributed by atoms with van der Waals surface area (Å²) in [5.41, 5.74) is -0.937. The molecule has 1 aromatic rings. The number of benzene rings is 1. The molecule has 1 atom stereocenters. The Labute approximate surface area is 168 Å². The Kier molecular flexibility index (Phi) is 6.14. The zero-order chi connectivity index (χ0) is 21.0. The van der Waals surface area contributed by atoms with Gasteiger partial charge in [0.15, 0.2) is 0 Å². The van der Waals surface area contributed by atoms with Crippen LogP contribution < -0.4 is 16.0 Å². The molecule has 3 N–H and O–H groups in total. The summed E-state index contributed by atoms with van der Waals surface area (Å²) in [6.45, 7) is 1.13. The van der Waals surface area contributed by atoms with Gasteiger partial charge >= 0.3 is 12.1 Å². The Bertz CT molecular complexity index is 807. The third-order valence-corrected chi connectivity index (χ3v) is 5.54. The van der Waals surface area contributed by atoms with Crippen molar-refractivity contribution in [1.29, 1.82) is 0 Å². The fraction of sp³-hybridized carbons (Fsp3) is 0.500. The molecule has 1 saturated heterocycles. The summed E-state index contributed by atoms with van der Waals surface area (Å²) in [6, 6.07) is 3.93. The summed E-state index contributed by atoms with van der Waals surface area (Å²) in [4.78, 5) is 50.4. The van der Waals surface area contributed by atoms with Crippen LogP contribution in [0, 0.1) is 5.82 Å². The molecular weight excluding hydrogens is 379 g/mol. The highest BCUT2D eigenvalue weighted by Crippen LogP contribution is 2.32. The maximum Gasteiger partial charge on any atom is 0.325 e. The van der Waals surface area contributed by atoms with Crippen molar-refractivity contribution in [2.24, 2.45) is 0 Å². The van der Waals surface area contributed by atoms with Crippen molar-refractivity contribution < 1.29 is 23.6 Å². The number of nitrogens with zero attached hydrogens (tertiary/aromatic N) is 1. The first-order valence-corrected chi connectivity index (χ1v) is 9.86. The minimum Gasteiger partial charge on any atom is -0.335 e. The van der Waals surface area contributed by atoms with Crippen LogP contribution in [0.4, 0.5) is 14.0 Å². The summed E-state index contributed by atoms with van der Waals surface area (Å²) in [7, 11) is 0. The molecule has 3 rings (SSSR count). The molecule has 156 valence electrons. The first-order chi connectivity index (χ1) is 13.9. The average molecular weight is 404 g/mol. The van der Waals surface area contributed by atoms with Crippen LogP contribution in [0.15, 0.2) is 24.3 Å². The van der Waals surface area contributed by atoms with Crippen LogP contribution in [0.3, 0.4) is 0 Å². The molecule has 1 aliphatic heterocycles. The van der Waals surface area contributed by atoms with Crippen molar-refractivity contribution in [2.45, 2.75) is 57.0 Å². The van der Waals surface area contributed by atoms with Gasteiger partial charge in [-0.3, -0.25) is 19.8 Å². The summed E-state index contributed by atoms with van der Waals surface area (Å²) in [5.74, 6) is -1.83. The number of nitrogens with one attached hydrogen (secondary N) is 3. The van der Waals surface area contributed by atoms with Gasteiger partial charge in [0.2, 0.25) is 5.91 Å². The second-order valence-corrected chi connectivity index (χ2v) is 7.44. The number of carbonyl (C=O) groups is 4. The summed E-state index contributed by atoms with van der Waals surface area (Å²) >= 11 is 0. The van der Waals surface area contributed by atoms with Gasteiger partial charge in [-0.1, -0.05) is 38.3 Å². The lowest BCUT2D eigenvalue weighted by Crippen LogP contribution is -2.49. The molecule has 1 aliphatic carbocycles. The first kappa shape index (κ1) is 20.8. The van der Waals surface area contributed by atoms with Crippen LogP contribution >= 0.6 is 0 Å². The molecule has 1 aromatic carbocycles. The number of halogens is 1. The second kappa shape index (κ2) is 8.59. The highest BCUT2D eigenvalue weighted by Gasteiger charge is 2.51. The maximum absolute atomic E-state index is 13.2. The molecule has 1 heterocycles. The van der Waals surface area contributed by atoms with Gasteiger partial charge in [-0.15, -0.1) is 0 Å². The zero-order valence-corrected chi connectivity index (χ0v) is 16.3. The molecule has 8 nitrogen and oxygen atoms in total. The minimum atomic E-state index is -1.37. The topological polar surface area (TPSA) is 108 Å². The zero-order valence-electron chi connectivity index (χ0n) is 16.3. The van der Waals surface area contributed by atoms with Gasteiger partial charge in [-0.2, -0.15) is 0 Å². The quantitative estimate of drug-likeness (QED) is 0.654. The van der Waals surface area contributed by atoms with E-state index in [4.69, 9.17) is 0 Å². The van der Waals surface area contributed by atoms with E-state index in [0.717, 1.165) is 37.0 Å². The van der Waals surface area contributed by atoms with Crippen molar-refractivity contribution in [2.75, 3.05) is 6.54 Å². The van der Waals surface area contributed by atoms with Crippen molar-refractivity contribution >= 4 is 23.9 Å². The molecule has 2 fully saturated rings. The van der Waals surface area contributed by atoms with Crippen molar-refractivity contribution in [3.8, 4) is 0 Å². The molecule has 0 spiro atoms. The molecule has 29 heavy (non-hydrogen) atoms. The molecule has 2 aliphatic rings. The smallest absolute Gasteiger partial charge is 0.325 e. The Morgan fingerprint density at radius 1 is 1.17 bits per heavy atom. The lowest BCUT2D eigenvalue weighted by Gasteiger charge is -2.25. The highest BCUT2D eigenvalue weighted by atomic mass is 19.1. The highest BCUT2D eigenvalue weighted by molar-refractivity contribution is 6.10. The number of urea groups is 2. The molecule has 0 aromatic heterocycles. The minimum absolute atomic E-state index is 0.0273. The Morgan fingerprint density at radius 2 is 1.83 bits per heavy atom. The van der Waals surface area contributed by atoms with Crippen LogP contribution in [0.2, 0.25) is 0 Å². The molecule has 6 amide bonds. The molecule has 0 radical (unpaired) electrons. The van der Waals surface area contributed by atoms with Crippen molar-refractivity contribution in [1.82, 2.24) is 20.9 Å². The van der Waals surface area contributed by atoms with Crippen LogP contribution in [-0.2, 0) is 15.1 Å². The normalized spacial score (nSPS) is 22.3. The van der Waals surface area contributed by atoms with E-state index in [9.17, 15) is 23.6 Å². The number of rotatable bonds is 5. The SMILES string of the molecule is CCC1(c2ccc(F)cc2)NC(=O)N(CC(=O)NC(=O)NC2CCCCC2)C1=O. The number of hydrogen-bond acceptors (Lipinski definition) is 4. The van der Waals surface area contributed by atoms with Gasteiger partial charge in [0.25, 0.3) is 5.91 Å². The summed E-state index contributed by atoms with van der Waals surface area (Å²) in [6.07, 6.45) is 5.16. The fourth-order valence-electron chi connectivity index (χ4n) is 3.92. The van der Waals surface area contributed by atoms with Crippen LogP contribution in [-0.4, -0.2) is 41.4 Å². The van der Waals surface area contributed by atoms with Gasteiger partial charge in [-0.25, -0.2) is 14.0 Å². The van der Waals surface area contributed by atoms with E-state index < -0.39 is 41.8 Å². The van der Waals surface area contributed by atoms with Gasteiger partial charge in [0.05, 0.1) is 0 Å². The van der Waals surface area contributed by atoms with E-state index in [0.29, 0.717) is 5.56 Å². The standard InChI is InChI=1S/C20H25FN4O4/c1-2-20(13-8-10-14(21)11-9-13)17(27)25(19(29)24-20)12-16(26)23-18(28)22-15-6-4-3-5-7-15/h8-11,15H,2-7,12H2,1H3,(H,24,29)(H2,22,23,26,28). The number of imide groups is 2. The first-order valence-electron chi connectivity index (χ1n) is 9.86. The van der Waals surface area contributed by atoms with Crippen LogP contribution in [0.25, 0.3) is 0 Å². The predicted octanol–water partition coefficient (Wildman–Crippen LogP) is 2.14. The van der Waals surface area contributed by atoms with E-state index in [1.807, 2.05) is 0 Å². The van der Waals surface area contributed by atoms with Gasteiger partial charge in [0, 0.05) is 6.04 Å². The van der Waals surface area contributed by atoms with E-state index in [1.165, 1.54) is 24.3 Å². The van der Waals surface area contributed by atoms with Gasteiger partial charge in [0.1, 0.15) is 17.9 Å². The number of carbonyl (C=O) groups excluding carboxylic acids is 4. The molecule has 9 heteroatoms. The average Bonchev–Trinajstić information content (AvgIpc) is 2.94. The molecule has 1 saturated carbocycles. The van der Waals surface area contributed by atoms with Crippen LogP contribution in [0.5, 0.6) is 0 Å². The Morgan fingerprint density at radius 3 is 2.45 bits per heavy atom. The maximum atomic E-state index is 13.2. The Balaban J connectivity index is 1.63. The third kappa shape index (κ3) is 4.38. The van der Waals surface area contributed by atoms with Crippen molar-refractivity contribution in [3.63, 3.8) is 0 Å². The lowest BCUT2D eigenvalue weighted by atomic mass is 9.87. The summed E-state index contributed by atoms with van der Waals surface area (Å²) < 4.78 is 13.2. The largest absolute Gasteiger partial charge is 0.335 e. The summed E-state index contributed by atoms with van der Waals surface area (Å²) in [5, 5.41) is 7.53. The van der Waals surface area contributed by atoms with Crippen molar-refractivity contribution in [3.05, 3.63) is 35.6 Å². The van der Waals surface area contributed by atoms with E-state index in [2.05, 4.69) is 16.0 Å². The molecular formula is C20H25FN4O4. The molecule has 0 bridgehead atoms. The lowest BCUT2D eigenvalue weighted by molar-refractivity contribution is -0.135. The van der Waals surface area contributed by atoms with Gasteiger partial charge < -0.3 is 10.6 Å². The third-order valence-electron chi connectivity index (χ3n) is 5.54. The van der Waals surface area contributed by atoms with E-state index in [-0.39, 0.29) is 12.5 Å². The second-order valence-electron chi connectivity index (χ2n) is 7.44. The number of hydrogen-bond donors (Lipinski definition) is 3. The number of amides is 6.